The highest BCUT2D eigenvalue weighted by Crippen LogP contribution is 2.17. The topological polar surface area (TPSA) is 38.0 Å². The average Bonchev–Trinajstić information content (AvgIpc) is 2.84. The lowest BCUT2D eigenvalue weighted by molar-refractivity contribution is 1.02. The number of nitrogens with two attached hydrogens (primary N) is 1. The number of hydrogen-bond acceptors (Lipinski definition) is 3. The van der Waals surface area contributed by atoms with Crippen LogP contribution in [-0.2, 0) is 6.42 Å². The van der Waals surface area contributed by atoms with E-state index < -0.39 is 0 Å². The summed E-state index contributed by atoms with van der Waals surface area (Å²) in [6, 6.07) is 8.18. The first-order valence-corrected chi connectivity index (χ1v) is 7.17. The molecule has 94 valence electrons. The number of anilines is 1. The normalized spacial score (nSPS) is 10.3. The van der Waals surface area contributed by atoms with E-state index in [0.717, 1.165) is 24.2 Å². The van der Waals surface area contributed by atoms with Crippen LogP contribution in [0, 0.1) is 6.92 Å². The molecule has 1 aromatic heterocycles. The fraction of sp³-hybridized carbons (Fsp3) is 0.214. The molecule has 0 radical (unpaired) electrons. The lowest BCUT2D eigenvalue weighted by atomic mass is 10.1. The second kappa shape index (κ2) is 5.98. The fourth-order valence-corrected chi connectivity index (χ4v) is 2.62. The molecular weight excluding hydrogens is 260 g/mol. The molecule has 0 saturated carbocycles. The lowest BCUT2D eigenvalue weighted by Crippen LogP contribution is -2.11. The Balaban J connectivity index is 1.95. The minimum Gasteiger partial charge on any atom is -0.389 e. The van der Waals surface area contributed by atoms with Crippen molar-refractivity contribution >= 4 is 34.2 Å². The summed E-state index contributed by atoms with van der Waals surface area (Å²) in [7, 11) is 0. The maximum absolute atomic E-state index is 5.61. The Kier molecular flexibility index (Phi) is 4.33. The SMILES string of the molecule is Cc1cc(C(N)=S)ccc1NCCc1ccsc1. The minimum atomic E-state index is 0.447. The summed E-state index contributed by atoms with van der Waals surface area (Å²) in [5, 5.41) is 7.73. The Morgan fingerprint density at radius 1 is 1.39 bits per heavy atom. The van der Waals surface area contributed by atoms with Crippen molar-refractivity contribution in [3.63, 3.8) is 0 Å². The summed E-state index contributed by atoms with van der Waals surface area (Å²) in [4.78, 5) is 0.447. The first kappa shape index (κ1) is 13.1. The van der Waals surface area contributed by atoms with E-state index in [-0.39, 0.29) is 0 Å². The number of aryl methyl sites for hydroxylation is 1. The van der Waals surface area contributed by atoms with Crippen molar-refractivity contribution in [2.45, 2.75) is 13.3 Å². The Morgan fingerprint density at radius 3 is 2.83 bits per heavy atom. The third-order valence-electron chi connectivity index (χ3n) is 2.82. The molecule has 0 amide bonds. The van der Waals surface area contributed by atoms with Gasteiger partial charge in [0.05, 0.1) is 0 Å². The van der Waals surface area contributed by atoms with Gasteiger partial charge in [-0.3, -0.25) is 0 Å². The third kappa shape index (κ3) is 3.31. The molecule has 0 aliphatic carbocycles. The van der Waals surface area contributed by atoms with Crippen LogP contribution in [0.3, 0.4) is 0 Å². The van der Waals surface area contributed by atoms with Gasteiger partial charge in [-0.05, 0) is 59.5 Å². The summed E-state index contributed by atoms with van der Waals surface area (Å²) in [6.07, 6.45) is 1.04. The van der Waals surface area contributed by atoms with E-state index in [1.54, 1.807) is 11.3 Å². The molecule has 0 bridgehead atoms. The molecule has 2 rings (SSSR count). The Hall–Kier alpha value is -1.39. The van der Waals surface area contributed by atoms with Gasteiger partial charge in [0.1, 0.15) is 4.99 Å². The standard InChI is InChI=1S/C14H16N2S2/c1-10-8-12(14(15)17)2-3-13(10)16-6-4-11-5-7-18-9-11/h2-3,5,7-9,16H,4,6H2,1H3,(H2,15,17). The zero-order valence-electron chi connectivity index (χ0n) is 10.3. The number of nitrogens with one attached hydrogen (secondary N) is 1. The number of benzene rings is 1. The second-order valence-electron chi connectivity index (χ2n) is 4.20. The molecule has 0 fully saturated rings. The quantitative estimate of drug-likeness (QED) is 0.823. The van der Waals surface area contributed by atoms with E-state index >= 15 is 0 Å². The van der Waals surface area contributed by atoms with E-state index in [9.17, 15) is 0 Å². The zero-order chi connectivity index (χ0) is 13.0. The van der Waals surface area contributed by atoms with Crippen molar-refractivity contribution in [3.05, 3.63) is 51.7 Å². The van der Waals surface area contributed by atoms with Gasteiger partial charge in [-0.2, -0.15) is 11.3 Å². The summed E-state index contributed by atoms with van der Waals surface area (Å²) >= 11 is 6.70. The van der Waals surface area contributed by atoms with Gasteiger partial charge >= 0.3 is 0 Å². The predicted octanol–water partition coefficient (Wildman–Crippen LogP) is 3.35. The van der Waals surface area contributed by atoms with Gasteiger partial charge in [0, 0.05) is 17.8 Å². The van der Waals surface area contributed by atoms with Gasteiger partial charge in [0.2, 0.25) is 0 Å². The molecular formula is C14H16N2S2. The molecule has 1 heterocycles. The van der Waals surface area contributed by atoms with Crippen LogP contribution in [-0.4, -0.2) is 11.5 Å². The highest BCUT2D eigenvalue weighted by Gasteiger charge is 2.01. The number of rotatable bonds is 5. The average molecular weight is 276 g/mol. The molecule has 2 aromatic rings. The summed E-state index contributed by atoms with van der Waals surface area (Å²) in [5.41, 5.74) is 10.2. The highest BCUT2D eigenvalue weighted by atomic mass is 32.1. The summed E-state index contributed by atoms with van der Waals surface area (Å²) in [6.45, 7) is 3.00. The van der Waals surface area contributed by atoms with Crippen LogP contribution in [0.25, 0.3) is 0 Å². The van der Waals surface area contributed by atoms with Crippen molar-refractivity contribution in [2.24, 2.45) is 5.73 Å². The third-order valence-corrected chi connectivity index (χ3v) is 3.79. The van der Waals surface area contributed by atoms with Crippen LogP contribution < -0.4 is 11.1 Å². The molecule has 0 atom stereocenters. The largest absolute Gasteiger partial charge is 0.389 e. The van der Waals surface area contributed by atoms with E-state index in [1.165, 1.54) is 11.1 Å². The van der Waals surface area contributed by atoms with Crippen LogP contribution in [0.4, 0.5) is 5.69 Å². The number of thiophene rings is 1. The van der Waals surface area contributed by atoms with Crippen LogP contribution in [0.1, 0.15) is 16.7 Å². The highest BCUT2D eigenvalue weighted by molar-refractivity contribution is 7.80. The van der Waals surface area contributed by atoms with Gasteiger partial charge in [-0.15, -0.1) is 0 Å². The van der Waals surface area contributed by atoms with Crippen molar-refractivity contribution in [1.82, 2.24) is 0 Å². The molecule has 3 N–H and O–H groups in total. The van der Waals surface area contributed by atoms with Gasteiger partial charge < -0.3 is 11.1 Å². The van der Waals surface area contributed by atoms with E-state index in [2.05, 4.69) is 29.1 Å². The molecule has 1 aromatic carbocycles. The molecule has 0 aliphatic rings. The molecule has 18 heavy (non-hydrogen) atoms. The van der Waals surface area contributed by atoms with Crippen LogP contribution in [0.2, 0.25) is 0 Å². The maximum Gasteiger partial charge on any atom is 0.103 e. The number of hydrogen-bond donors (Lipinski definition) is 2. The van der Waals surface area contributed by atoms with Gasteiger partial charge in [0.25, 0.3) is 0 Å². The Morgan fingerprint density at radius 2 is 2.22 bits per heavy atom. The van der Waals surface area contributed by atoms with Crippen molar-refractivity contribution < 1.29 is 0 Å². The van der Waals surface area contributed by atoms with Crippen molar-refractivity contribution in [3.8, 4) is 0 Å². The smallest absolute Gasteiger partial charge is 0.103 e. The molecule has 0 saturated heterocycles. The fourth-order valence-electron chi connectivity index (χ4n) is 1.79. The predicted molar refractivity (Wildman–Crippen MR) is 83.6 cm³/mol. The van der Waals surface area contributed by atoms with Gasteiger partial charge in [-0.1, -0.05) is 12.2 Å². The zero-order valence-corrected chi connectivity index (χ0v) is 11.9. The maximum atomic E-state index is 5.61. The number of thiocarbonyl (C=S) groups is 1. The van der Waals surface area contributed by atoms with Crippen molar-refractivity contribution in [2.75, 3.05) is 11.9 Å². The first-order chi connectivity index (χ1) is 8.66. The minimum absolute atomic E-state index is 0.447. The first-order valence-electron chi connectivity index (χ1n) is 5.82. The monoisotopic (exact) mass is 276 g/mol. The van der Waals surface area contributed by atoms with E-state index in [1.807, 2.05) is 18.2 Å². The van der Waals surface area contributed by atoms with Gasteiger partial charge in [-0.25, -0.2) is 0 Å². The Bertz CT molecular complexity index is 533. The molecule has 2 nitrogen and oxygen atoms in total. The Labute approximate surface area is 117 Å². The second-order valence-corrected chi connectivity index (χ2v) is 5.42. The molecule has 0 unspecified atom stereocenters. The molecule has 0 spiro atoms. The van der Waals surface area contributed by atoms with Crippen LogP contribution in [0.15, 0.2) is 35.0 Å². The summed E-state index contributed by atoms with van der Waals surface area (Å²) in [5.74, 6) is 0. The van der Waals surface area contributed by atoms with E-state index in [4.69, 9.17) is 18.0 Å². The molecule has 0 aliphatic heterocycles. The van der Waals surface area contributed by atoms with E-state index in [0.29, 0.717) is 4.99 Å². The lowest BCUT2D eigenvalue weighted by Gasteiger charge is -2.10. The van der Waals surface area contributed by atoms with Crippen molar-refractivity contribution in [1.29, 1.82) is 0 Å². The molecule has 4 heteroatoms. The van der Waals surface area contributed by atoms with Gasteiger partial charge in [0.15, 0.2) is 0 Å². The summed E-state index contributed by atoms with van der Waals surface area (Å²) < 4.78 is 0. The van der Waals surface area contributed by atoms with Crippen LogP contribution in [0.5, 0.6) is 0 Å². The van der Waals surface area contributed by atoms with Crippen LogP contribution >= 0.6 is 23.6 Å².